The van der Waals surface area contributed by atoms with Gasteiger partial charge < -0.3 is 15.4 Å². The minimum absolute atomic E-state index is 0.185. The molecule has 0 unspecified atom stereocenters. The first-order valence-electron chi connectivity index (χ1n) is 9.99. The average Bonchev–Trinajstić information content (AvgIpc) is 2.75. The van der Waals surface area contributed by atoms with E-state index in [4.69, 9.17) is 4.74 Å². The molecule has 1 amide bonds. The van der Waals surface area contributed by atoms with Crippen molar-refractivity contribution in [3.05, 3.63) is 47.3 Å². The summed E-state index contributed by atoms with van der Waals surface area (Å²) in [6.45, 7) is 9.36. The molecule has 2 aromatic rings. The van der Waals surface area contributed by atoms with E-state index in [0.717, 1.165) is 69.0 Å². The van der Waals surface area contributed by atoms with Gasteiger partial charge in [0, 0.05) is 44.3 Å². The lowest BCUT2D eigenvalue weighted by Gasteiger charge is -2.26. The van der Waals surface area contributed by atoms with Gasteiger partial charge in [-0.15, -0.1) is 0 Å². The van der Waals surface area contributed by atoms with Crippen LogP contribution in [0.15, 0.2) is 30.6 Å². The molecule has 1 aromatic carbocycles. The third kappa shape index (κ3) is 5.27. The standard InChI is InChI=1S/C21H29N5O2/c1-3-16-6-5-7-17(4-2)19(16)25-20(27)18-14-23-21(24-15-18)22-8-9-26-10-12-28-13-11-26/h5-7,14-15H,3-4,8-13H2,1-2H3,(H,25,27)(H,22,23,24). The zero-order valence-corrected chi connectivity index (χ0v) is 16.7. The van der Waals surface area contributed by atoms with Crippen LogP contribution >= 0.6 is 0 Å². The van der Waals surface area contributed by atoms with Gasteiger partial charge in [-0.2, -0.15) is 0 Å². The van der Waals surface area contributed by atoms with Crippen LogP contribution in [-0.2, 0) is 17.6 Å². The van der Waals surface area contributed by atoms with Crippen LogP contribution in [0.3, 0.4) is 0 Å². The summed E-state index contributed by atoms with van der Waals surface area (Å²) in [6, 6.07) is 6.13. The number of ether oxygens (including phenoxy) is 1. The first kappa shape index (κ1) is 20.2. The van der Waals surface area contributed by atoms with Gasteiger partial charge in [-0.3, -0.25) is 9.69 Å². The molecule has 0 saturated carbocycles. The number of amides is 1. The normalized spacial score (nSPS) is 14.6. The summed E-state index contributed by atoms with van der Waals surface area (Å²) >= 11 is 0. The number of para-hydroxylation sites is 1. The Morgan fingerprint density at radius 2 is 1.75 bits per heavy atom. The highest BCUT2D eigenvalue weighted by Crippen LogP contribution is 2.23. The molecule has 1 fully saturated rings. The predicted octanol–water partition coefficient (Wildman–Crippen LogP) is 2.60. The van der Waals surface area contributed by atoms with Gasteiger partial charge in [-0.25, -0.2) is 9.97 Å². The van der Waals surface area contributed by atoms with Crippen molar-refractivity contribution in [3.63, 3.8) is 0 Å². The number of aromatic nitrogens is 2. The van der Waals surface area contributed by atoms with Crippen LogP contribution in [0.5, 0.6) is 0 Å². The van der Waals surface area contributed by atoms with Gasteiger partial charge in [0.15, 0.2) is 0 Å². The van der Waals surface area contributed by atoms with Crippen molar-refractivity contribution >= 4 is 17.5 Å². The fraction of sp³-hybridized carbons (Fsp3) is 0.476. The molecule has 1 saturated heterocycles. The molecular weight excluding hydrogens is 354 g/mol. The van der Waals surface area contributed by atoms with E-state index in [1.165, 1.54) is 0 Å². The van der Waals surface area contributed by atoms with Gasteiger partial charge in [0.1, 0.15) is 0 Å². The number of aryl methyl sites for hydroxylation is 2. The Labute approximate surface area is 166 Å². The average molecular weight is 383 g/mol. The molecule has 0 atom stereocenters. The molecule has 1 aliphatic rings. The molecule has 7 nitrogen and oxygen atoms in total. The predicted molar refractivity (Wildman–Crippen MR) is 111 cm³/mol. The Balaban J connectivity index is 1.56. The lowest BCUT2D eigenvalue weighted by atomic mass is 10.0. The molecular formula is C21H29N5O2. The third-order valence-corrected chi connectivity index (χ3v) is 4.97. The SMILES string of the molecule is CCc1cccc(CC)c1NC(=O)c1cnc(NCCN2CCOCC2)nc1. The second-order valence-electron chi connectivity index (χ2n) is 6.79. The molecule has 0 aliphatic carbocycles. The van der Waals surface area contributed by atoms with E-state index in [0.29, 0.717) is 11.5 Å². The van der Waals surface area contributed by atoms with Crippen molar-refractivity contribution in [2.24, 2.45) is 0 Å². The minimum atomic E-state index is -0.185. The number of hydrogen-bond donors (Lipinski definition) is 2. The Morgan fingerprint density at radius 1 is 1.11 bits per heavy atom. The number of nitrogens with zero attached hydrogens (tertiary/aromatic N) is 3. The molecule has 28 heavy (non-hydrogen) atoms. The highest BCUT2D eigenvalue weighted by molar-refractivity contribution is 6.04. The van der Waals surface area contributed by atoms with Crippen LogP contribution in [0.25, 0.3) is 0 Å². The molecule has 0 bridgehead atoms. The number of benzene rings is 1. The Bertz CT molecular complexity index is 751. The maximum absolute atomic E-state index is 12.7. The number of hydrogen-bond acceptors (Lipinski definition) is 6. The number of carbonyl (C=O) groups excluding carboxylic acids is 1. The van der Waals surface area contributed by atoms with Crippen LogP contribution in [0.1, 0.15) is 35.3 Å². The zero-order valence-electron chi connectivity index (χ0n) is 16.7. The van der Waals surface area contributed by atoms with Gasteiger partial charge in [0.25, 0.3) is 5.91 Å². The Morgan fingerprint density at radius 3 is 2.36 bits per heavy atom. The molecule has 1 aromatic heterocycles. The van der Waals surface area contributed by atoms with E-state index in [1.807, 2.05) is 18.2 Å². The molecule has 0 spiro atoms. The van der Waals surface area contributed by atoms with E-state index in [-0.39, 0.29) is 5.91 Å². The molecule has 2 heterocycles. The quantitative estimate of drug-likeness (QED) is 0.729. The van der Waals surface area contributed by atoms with E-state index < -0.39 is 0 Å². The lowest BCUT2D eigenvalue weighted by molar-refractivity contribution is 0.0398. The van der Waals surface area contributed by atoms with E-state index in [2.05, 4.69) is 39.3 Å². The topological polar surface area (TPSA) is 79.4 Å². The fourth-order valence-electron chi connectivity index (χ4n) is 3.28. The smallest absolute Gasteiger partial charge is 0.258 e. The van der Waals surface area contributed by atoms with E-state index in [1.54, 1.807) is 12.4 Å². The number of anilines is 2. The van der Waals surface area contributed by atoms with Crippen molar-refractivity contribution in [3.8, 4) is 0 Å². The van der Waals surface area contributed by atoms with Crippen LogP contribution in [-0.4, -0.2) is 60.2 Å². The highest BCUT2D eigenvalue weighted by Gasteiger charge is 2.13. The Hall–Kier alpha value is -2.51. The van der Waals surface area contributed by atoms with Crippen molar-refractivity contribution in [1.82, 2.24) is 14.9 Å². The van der Waals surface area contributed by atoms with Crippen molar-refractivity contribution in [2.45, 2.75) is 26.7 Å². The maximum Gasteiger partial charge on any atom is 0.258 e. The number of nitrogens with one attached hydrogen (secondary N) is 2. The molecule has 150 valence electrons. The molecule has 0 radical (unpaired) electrons. The lowest BCUT2D eigenvalue weighted by Crippen LogP contribution is -2.39. The number of morpholine rings is 1. The number of carbonyl (C=O) groups is 1. The van der Waals surface area contributed by atoms with Gasteiger partial charge in [0.05, 0.1) is 18.8 Å². The fourth-order valence-corrected chi connectivity index (χ4v) is 3.28. The van der Waals surface area contributed by atoms with Crippen molar-refractivity contribution < 1.29 is 9.53 Å². The molecule has 1 aliphatic heterocycles. The second-order valence-corrected chi connectivity index (χ2v) is 6.79. The van der Waals surface area contributed by atoms with Gasteiger partial charge >= 0.3 is 0 Å². The van der Waals surface area contributed by atoms with E-state index in [9.17, 15) is 4.79 Å². The van der Waals surface area contributed by atoms with Gasteiger partial charge in [-0.05, 0) is 24.0 Å². The third-order valence-electron chi connectivity index (χ3n) is 4.97. The van der Waals surface area contributed by atoms with Crippen LogP contribution < -0.4 is 10.6 Å². The maximum atomic E-state index is 12.7. The van der Waals surface area contributed by atoms with Crippen molar-refractivity contribution in [1.29, 1.82) is 0 Å². The summed E-state index contributed by atoms with van der Waals surface area (Å²) in [5.74, 6) is 0.350. The minimum Gasteiger partial charge on any atom is -0.379 e. The highest BCUT2D eigenvalue weighted by atomic mass is 16.5. The zero-order chi connectivity index (χ0) is 19.8. The molecule has 2 N–H and O–H groups in total. The van der Waals surface area contributed by atoms with Crippen LogP contribution in [0.2, 0.25) is 0 Å². The first-order chi connectivity index (χ1) is 13.7. The molecule has 7 heteroatoms. The second kappa shape index (κ2) is 10.1. The monoisotopic (exact) mass is 383 g/mol. The summed E-state index contributed by atoms with van der Waals surface area (Å²) in [4.78, 5) is 23.6. The summed E-state index contributed by atoms with van der Waals surface area (Å²) in [6.07, 6.45) is 4.87. The van der Waals surface area contributed by atoms with Crippen LogP contribution in [0, 0.1) is 0 Å². The Kier molecular flexibility index (Phi) is 7.33. The summed E-state index contributed by atoms with van der Waals surface area (Å²) in [5, 5.41) is 6.25. The van der Waals surface area contributed by atoms with Gasteiger partial charge in [0.2, 0.25) is 5.95 Å². The summed E-state index contributed by atoms with van der Waals surface area (Å²) < 4.78 is 5.35. The first-order valence-corrected chi connectivity index (χ1v) is 9.99. The van der Waals surface area contributed by atoms with Crippen LogP contribution in [0.4, 0.5) is 11.6 Å². The van der Waals surface area contributed by atoms with Crippen molar-refractivity contribution in [2.75, 3.05) is 50.0 Å². The number of rotatable bonds is 8. The molecule has 3 rings (SSSR count). The van der Waals surface area contributed by atoms with Gasteiger partial charge in [-0.1, -0.05) is 32.0 Å². The summed E-state index contributed by atoms with van der Waals surface area (Å²) in [7, 11) is 0. The summed E-state index contributed by atoms with van der Waals surface area (Å²) in [5.41, 5.74) is 3.63. The largest absolute Gasteiger partial charge is 0.379 e. The van der Waals surface area contributed by atoms with E-state index >= 15 is 0 Å².